The second-order valence-corrected chi connectivity index (χ2v) is 4.66. The topological polar surface area (TPSA) is 98.5 Å². The summed E-state index contributed by atoms with van der Waals surface area (Å²) in [4.78, 5) is 34.1. The van der Waals surface area contributed by atoms with Crippen molar-refractivity contribution < 1.29 is 19.2 Å². The Kier molecular flexibility index (Phi) is 5.03. The molecule has 0 aromatic heterocycles. The average Bonchev–Trinajstić information content (AvgIpc) is 2.55. The summed E-state index contributed by atoms with van der Waals surface area (Å²) < 4.78 is 5.10. The Morgan fingerprint density at radius 3 is 2.61 bits per heavy atom. The first-order valence-electron chi connectivity index (χ1n) is 6.72. The van der Waals surface area contributed by atoms with Crippen molar-refractivity contribution >= 4 is 23.1 Å². The zero-order chi connectivity index (χ0) is 16.8. The van der Waals surface area contributed by atoms with Crippen LogP contribution in [0.2, 0.25) is 0 Å². The molecule has 2 aromatic carbocycles. The SMILES string of the molecule is COc1ccccc1NC(=O)CC(=O)c1cccc([N+](=O)[O-])c1. The van der Waals surface area contributed by atoms with Crippen LogP contribution in [0.15, 0.2) is 48.5 Å². The van der Waals surface area contributed by atoms with Gasteiger partial charge in [0, 0.05) is 17.7 Å². The predicted octanol–water partition coefficient (Wildman–Crippen LogP) is 2.81. The Morgan fingerprint density at radius 1 is 1.17 bits per heavy atom. The van der Waals surface area contributed by atoms with E-state index >= 15 is 0 Å². The second-order valence-electron chi connectivity index (χ2n) is 4.66. The van der Waals surface area contributed by atoms with Crippen LogP contribution in [0.25, 0.3) is 0 Å². The normalized spacial score (nSPS) is 9.96. The summed E-state index contributed by atoms with van der Waals surface area (Å²) >= 11 is 0. The molecule has 0 aliphatic rings. The van der Waals surface area contributed by atoms with Gasteiger partial charge in [0.15, 0.2) is 5.78 Å². The summed E-state index contributed by atoms with van der Waals surface area (Å²) in [6.45, 7) is 0. The number of amides is 1. The quantitative estimate of drug-likeness (QED) is 0.382. The summed E-state index contributed by atoms with van der Waals surface area (Å²) in [5.41, 5.74) is 0.377. The number of Topliss-reactive ketones (excluding diaryl/α,β-unsaturated/α-hetero) is 1. The van der Waals surface area contributed by atoms with Crippen LogP contribution in [-0.2, 0) is 4.79 Å². The average molecular weight is 314 g/mol. The molecule has 2 rings (SSSR count). The van der Waals surface area contributed by atoms with Gasteiger partial charge >= 0.3 is 0 Å². The standard InChI is InChI=1S/C16H14N2O5/c1-23-15-8-3-2-7-13(15)17-16(20)10-14(19)11-5-4-6-12(9-11)18(21)22/h2-9H,10H2,1H3,(H,17,20). The third kappa shape index (κ3) is 4.13. The minimum atomic E-state index is -0.592. The van der Waals surface area contributed by atoms with Crippen molar-refractivity contribution in [2.45, 2.75) is 6.42 Å². The van der Waals surface area contributed by atoms with Crippen molar-refractivity contribution in [1.82, 2.24) is 0 Å². The molecule has 2 aromatic rings. The fraction of sp³-hybridized carbons (Fsp3) is 0.125. The second kappa shape index (κ2) is 7.17. The molecule has 23 heavy (non-hydrogen) atoms. The summed E-state index contributed by atoms with van der Waals surface area (Å²) in [5, 5.41) is 13.3. The van der Waals surface area contributed by atoms with Gasteiger partial charge in [-0.15, -0.1) is 0 Å². The molecule has 0 radical (unpaired) electrons. The maximum absolute atomic E-state index is 12.1. The Balaban J connectivity index is 2.06. The van der Waals surface area contributed by atoms with Gasteiger partial charge in [0.1, 0.15) is 5.75 Å². The van der Waals surface area contributed by atoms with Crippen LogP contribution in [0, 0.1) is 10.1 Å². The molecule has 0 spiro atoms. The molecule has 1 N–H and O–H groups in total. The van der Waals surface area contributed by atoms with E-state index in [2.05, 4.69) is 5.32 Å². The number of nitrogens with one attached hydrogen (secondary N) is 1. The minimum Gasteiger partial charge on any atom is -0.495 e. The van der Waals surface area contributed by atoms with E-state index in [0.717, 1.165) is 6.07 Å². The summed E-state index contributed by atoms with van der Waals surface area (Å²) in [7, 11) is 1.47. The first-order valence-corrected chi connectivity index (χ1v) is 6.72. The van der Waals surface area contributed by atoms with Gasteiger partial charge < -0.3 is 10.1 Å². The van der Waals surface area contributed by atoms with Crippen molar-refractivity contribution in [3.63, 3.8) is 0 Å². The lowest BCUT2D eigenvalue weighted by atomic mass is 10.1. The van der Waals surface area contributed by atoms with E-state index in [1.165, 1.54) is 25.3 Å². The Labute approximate surface area is 132 Å². The number of methoxy groups -OCH3 is 1. The maximum atomic E-state index is 12.1. The molecular formula is C16H14N2O5. The molecule has 0 saturated carbocycles. The van der Waals surface area contributed by atoms with E-state index < -0.39 is 23.0 Å². The van der Waals surface area contributed by atoms with Gasteiger partial charge in [0.25, 0.3) is 5.69 Å². The molecule has 0 heterocycles. The van der Waals surface area contributed by atoms with Gasteiger partial charge in [0.05, 0.1) is 24.1 Å². The van der Waals surface area contributed by atoms with Crippen molar-refractivity contribution in [2.24, 2.45) is 0 Å². The summed E-state index contributed by atoms with van der Waals surface area (Å²) in [6, 6.07) is 12.1. The molecule has 7 nitrogen and oxygen atoms in total. The fourth-order valence-corrected chi connectivity index (χ4v) is 1.98. The van der Waals surface area contributed by atoms with Crippen molar-refractivity contribution in [3.05, 3.63) is 64.2 Å². The molecule has 0 unspecified atom stereocenters. The van der Waals surface area contributed by atoms with Gasteiger partial charge in [-0.2, -0.15) is 0 Å². The molecular weight excluding hydrogens is 300 g/mol. The number of nitro benzene ring substituents is 1. The van der Waals surface area contributed by atoms with E-state index in [9.17, 15) is 19.7 Å². The molecule has 0 saturated heterocycles. The third-order valence-electron chi connectivity index (χ3n) is 3.08. The van der Waals surface area contributed by atoms with E-state index in [0.29, 0.717) is 11.4 Å². The van der Waals surface area contributed by atoms with Gasteiger partial charge in [-0.25, -0.2) is 0 Å². The van der Waals surface area contributed by atoms with Crippen LogP contribution in [0.4, 0.5) is 11.4 Å². The number of ether oxygens (including phenoxy) is 1. The Bertz CT molecular complexity index is 758. The predicted molar refractivity (Wildman–Crippen MR) is 83.7 cm³/mol. The molecule has 0 aliphatic heterocycles. The number of ketones is 1. The largest absolute Gasteiger partial charge is 0.495 e. The van der Waals surface area contributed by atoms with Crippen LogP contribution in [-0.4, -0.2) is 23.7 Å². The smallest absolute Gasteiger partial charge is 0.270 e. The zero-order valence-corrected chi connectivity index (χ0v) is 12.3. The first kappa shape index (κ1) is 16.2. The Hall–Kier alpha value is -3.22. The summed E-state index contributed by atoms with van der Waals surface area (Å²) in [6.07, 6.45) is -0.417. The highest BCUT2D eigenvalue weighted by atomic mass is 16.6. The third-order valence-corrected chi connectivity index (χ3v) is 3.08. The lowest BCUT2D eigenvalue weighted by Crippen LogP contribution is -2.17. The minimum absolute atomic E-state index is 0.120. The number of nitro groups is 1. The highest BCUT2D eigenvalue weighted by Gasteiger charge is 2.16. The van der Waals surface area contributed by atoms with Crippen LogP contribution < -0.4 is 10.1 Å². The molecule has 0 aliphatic carbocycles. The number of carbonyl (C=O) groups is 2. The number of hydrogen-bond donors (Lipinski definition) is 1. The molecule has 1 amide bonds. The van der Waals surface area contributed by atoms with Crippen molar-refractivity contribution in [1.29, 1.82) is 0 Å². The number of non-ortho nitro benzene ring substituents is 1. The first-order chi connectivity index (χ1) is 11.0. The zero-order valence-electron chi connectivity index (χ0n) is 12.3. The number of carbonyl (C=O) groups excluding carboxylic acids is 2. The number of hydrogen-bond acceptors (Lipinski definition) is 5. The number of benzene rings is 2. The van der Waals surface area contributed by atoms with Crippen LogP contribution in [0.3, 0.4) is 0 Å². The number of anilines is 1. The molecule has 7 heteroatoms. The highest BCUT2D eigenvalue weighted by Crippen LogP contribution is 2.23. The lowest BCUT2D eigenvalue weighted by Gasteiger charge is -2.09. The number of para-hydroxylation sites is 2. The highest BCUT2D eigenvalue weighted by molar-refractivity contribution is 6.11. The van der Waals surface area contributed by atoms with Gasteiger partial charge in [-0.3, -0.25) is 19.7 Å². The molecule has 118 valence electrons. The van der Waals surface area contributed by atoms with Gasteiger partial charge in [0.2, 0.25) is 5.91 Å². The van der Waals surface area contributed by atoms with Crippen molar-refractivity contribution in [3.8, 4) is 5.75 Å². The fourth-order valence-electron chi connectivity index (χ4n) is 1.98. The monoisotopic (exact) mass is 314 g/mol. The van der Waals surface area contributed by atoms with E-state index in [1.807, 2.05) is 0 Å². The van der Waals surface area contributed by atoms with Crippen LogP contribution >= 0.6 is 0 Å². The number of rotatable bonds is 6. The van der Waals surface area contributed by atoms with E-state index in [1.54, 1.807) is 24.3 Å². The molecule has 0 atom stereocenters. The van der Waals surface area contributed by atoms with Gasteiger partial charge in [-0.1, -0.05) is 24.3 Å². The lowest BCUT2D eigenvalue weighted by molar-refractivity contribution is -0.384. The maximum Gasteiger partial charge on any atom is 0.270 e. The van der Waals surface area contributed by atoms with Gasteiger partial charge in [-0.05, 0) is 12.1 Å². The van der Waals surface area contributed by atoms with Crippen LogP contribution in [0.5, 0.6) is 5.75 Å². The summed E-state index contributed by atoms with van der Waals surface area (Å²) in [5.74, 6) is -0.546. The van der Waals surface area contributed by atoms with E-state index in [-0.39, 0.29) is 11.3 Å². The molecule has 0 bridgehead atoms. The van der Waals surface area contributed by atoms with Crippen LogP contribution in [0.1, 0.15) is 16.8 Å². The van der Waals surface area contributed by atoms with E-state index in [4.69, 9.17) is 4.74 Å². The number of nitrogens with zero attached hydrogens (tertiary/aromatic N) is 1. The molecule has 0 fully saturated rings. The van der Waals surface area contributed by atoms with Crippen molar-refractivity contribution in [2.75, 3.05) is 12.4 Å². The Morgan fingerprint density at radius 2 is 1.91 bits per heavy atom.